The summed E-state index contributed by atoms with van der Waals surface area (Å²) in [6, 6.07) is 12.7. The second kappa shape index (κ2) is 7.75. The van der Waals surface area contributed by atoms with Crippen LogP contribution in [-0.2, 0) is 0 Å². The number of benzene rings is 2. The summed E-state index contributed by atoms with van der Waals surface area (Å²) in [6.45, 7) is 0. The summed E-state index contributed by atoms with van der Waals surface area (Å²) in [4.78, 5) is 26.3. The van der Waals surface area contributed by atoms with Crippen LogP contribution in [0.25, 0.3) is 16.6 Å². The number of nitro groups is 1. The van der Waals surface area contributed by atoms with E-state index in [1.807, 2.05) is 18.2 Å². The molecule has 0 aliphatic carbocycles. The van der Waals surface area contributed by atoms with E-state index >= 15 is 0 Å². The molecule has 1 amide bonds. The third kappa shape index (κ3) is 3.62. The van der Waals surface area contributed by atoms with Gasteiger partial charge in [-0.1, -0.05) is 18.2 Å². The van der Waals surface area contributed by atoms with E-state index in [0.717, 1.165) is 17.6 Å². The van der Waals surface area contributed by atoms with Crippen molar-refractivity contribution < 1.29 is 18.8 Å². The smallest absolute Gasteiger partial charge is 0.307 e. The number of nitrogens with one attached hydrogen (secondary N) is 1. The van der Waals surface area contributed by atoms with Gasteiger partial charge in [0.25, 0.3) is 5.91 Å². The zero-order valence-electron chi connectivity index (χ0n) is 16.2. The highest BCUT2D eigenvalue weighted by molar-refractivity contribution is 6.06. The maximum atomic E-state index is 13.9. The van der Waals surface area contributed by atoms with Gasteiger partial charge in [-0.15, -0.1) is 0 Å². The fraction of sp³-hybridized carbons (Fsp3) is 0.0476. The molecule has 0 spiro atoms. The van der Waals surface area contributed by atoms with E-state index in [9.17, 15) is 19.3 Å². The number of carbonyl (C=O) groups excluding carboxylic acids is 1. The van der Waals surface area contributed by atoms with E-state index in [1.54, 1.807) is 29.0 Å². The highest BCUT2D eigenvalue weighted by atomic mass is 19.1. The van der Waals surface area contributed by atoms with Gasteiger partial charge in [0.2, 0.25) is 5.82 Å². The van der Waals surface area contributed by atoms with Gasteiger partial charge in [-0.25, -0.2) is 4.98 Å². The standard InChI is InChI=1S/C21H16FN5O4/c1-31-19-9-15(22)18(27(29)30)10-16(19)25-20-8-12(6-7-24-20)26-11-14(21(23)28)13-4-2-3-5-17(13)26/h2-11H,1H3,(H2,23,28)(H,24,25). The third-order valence-corrected chi connectivity index (χ3v) is 4.73. The minimum Gasteiger partial charge on any atom is -0.494 e. The molecule has 31 heavy (non-hydrogen) atoms. The first kappa shape index (κ1) is 19.8. The zero-order chi connectivity index (χ0) is 22.1. The molecule has 4 aromatic rings. The van der Waals surface area contributed by atoms with Gasteiger partial charge in [0.1, 0.15) is 11.6 Å². The lowest BCUT2D eigenvalue weighted by Gasteiger charge is -2.12. The monoisotopic (exact) mass is 421 g/mol. The van der Waals surface area contributed by atoms with Crippen LogP contribution in [0.3, 0.4) is 0 Å². The van der Waals surface area contributed by atoms with Crippen LogP contribution < -0.4 is 15.8 Å². The third-order valence-electron chi connectivity index (χ3n) is 4.73. The Morgan fingerprint density at radius 1 is 1.26 bits per heavy atom. The molecule has 0 saturated heterocycles. The summed E-state index contributed by atoms with van der Waals surface area (Å²) in [5, 5.41) is 14.7. The number of halogens is 1. The molecule has 2 aromatic carbocycles. The van der Waals surface area contributed by atoms with Crippen LogP contribution >= 0.6 is 0 Å². The van der Waals surface area contributed by atoms with Crippen LogP contribution in [0.15, 0.2) is 60.9 Å². The first-order chi connectivity index (χ1) is 14.9. The van der Waals surface area contributed by atoms with Crippen molar-refractivity contribution >= 4 is 34.0 Å². The summed E-state index contributed by atoms with van der Waals surface area (Å²) in [6.07, 6.45) is 3.16. The molecule has 10 heteroatoms. The van der Waals surface area contributed by atoms with Crippen LogP contribution in [0.5, 0.6) is 5.75 Å². The number of nitrogens with zero attached hydrogens (tertiary/aromatic N) is 3. The predicted molar refractivity (Wildman–Crippen MR) is 112 cm³/mol. The highest BCUT2D eigenvalue weighted by Gasteiger charge is 2.20. The number of rotatable bonds is 6. The molecule has 2 aromatic heterocycles. The number of fused-ring (bicyclic) bond motifs is 1. The number of pyridine rings is 1. The number of aromatic nitrogens is 2. The molecule has 156 valence electrons. The summed E-state index contributed by atoms with van der Waals surface area (Å²) in [5.74, 6) is -1.15. The molecule has 3 N–H and O–H groups in total. The van der Waals surface area contributed by atoms with Gasteiger partial charge in [0, 0.05) is 36.0 Å². The Labute approximate surface area is 175 Å². The lowest BCUT2D eigenvalue weighted by Crippen LogP contribution is -2.10. The van der Waals surface area contributed by atoms with Crippen LogP contribution in [0.1, 0.15) is 10.4 Å². The van der Waals surface area contributed by atoms with Gasteiger partial charge in [-0.05, 0) is 12.1 Å². The van der Waals surface area contributed by atoms with Crippen LogP contribution in [-0.4, -0.2) is 27.5 Å². The number of methoxy groups -OCH3 is 1. The van der Waals surface area contributed by atoms with Crippen molar-refractivity contribution in [3.05, 3.63) is 82.4 Å². The fourth-order valence-electron chi connectivity index (χ4n) is 3.32. The Balaban J connectivity index is 1.78. The number of amides is 1. The van der Waals surface area contributed by atoms with E-state index in [4.69, 9.17) is 10.5 Å². The van der Waals surface area contributed by atoms with Gasteiger partial charge in [0.05, 0.1) is 34.5 Å². The molecular weight excluding hydrogens is 405 g/mol. The minimum absolute atomic E-state index is 0.0812. The number of hydrogen-bond donors (Lipinski definition) is 2. The lowest BCUT2D eigenvalue weighted by atomic mass is 10.2. The van der Waals surface area contributed by atoms with Crippen molar-refractivity contribution in [2.75, 3.05) is 12.4 Å². The summed E-state index contributed by atoms with van der Waals surface area (Å²) in [7, 11) is 1.33. The summed E-state index contributed by atoms with van der Waals surface area (Å²) < 4.78 is 20.8. The van der Waals surface area contributed by atoms with Gasteiger partial charge in [0.15, 0.2) is 0 Å². The quantitative estimate of drug-likeness (QED) is 0.359. The normalized spacial score (nSPS) is 10.8. The van der Waals surface area contributed by atoms with Crippen molar-refractivity contribution in [1.29, 1.82) is 0 Å². The average Bonchev–Trinajstić information content (AvgIpc) is 3.15. The molecule has 0 atom stereocenters. The maximum Gasteiger partial charge on any atom is 0.307 e. The average molecular weight is 421 g/mol. The summed E-state index contributed by atoms with van der Waals surface area (Å²) >= 11 is 0. The number of nitrogens with two attached hydrogens (primary N) is 1. The molecule has 0 saturated carbocycles. The number of nitro benzene ring substituents is 1. The Morgan fingerprint density at radius 3 is 2.74 bits per heavy atom. The predicted octanol–water partition coefficient (Wildman–Crippen LogP) is 3.92. The first-order valence-corrected chi connectivity index (χ1v) is 9.04. The molecule has 0 aliphatic heterocycles. The van der Waals surface area contributed by atoms with Crippen molar-refractivity contribution in [2.24, 2.45) is 5.73 Å². The molecule has 4 rings (SSSR count). The number of para-hydroxylation sites is 1. The Hall–Kier alpha value is -4.47. The Kier molecular flexibility index (Phi) is 4.96. The maximum absolute atomic E-state index is 13.9. The molecule has 0 radical (unpaired) electrons. The van der Waals surface area contributed by atoms with Crippen molar-refractivity contribution in [2.45, 2.75) is 0 Å². The Bertz CT molecular complexity index is 1330. The highest BCUT2D eigenvalue weighted by Crippen LogP contribution is 2.34. The molecular formula is C21H16FN5O4. The van der Waals surface area contributed by atoms with E-state index < -0.39 is 22.3 Å². The molecule has 0 bridgehead atoms. The van der Waals surface area contributed by atoms with E-state index in [-0.39, 0.29) is 11.4 Å². The first-order valence-electron chi connectivity index (χ1n) is 9.04. The molecule has 0 unspecified atom stereocenters. The minimum atomic E-state index is -1.01. The second-order valence-corrected chi connectivity index (χ2v) is 6.58. The van der Waals surface area contributed by atoms with Gasteiger partial charge >= 0.3 is 5.69 Å². The summed E-state index contributed by atoms with van der Waals surface area (Å²) in [5.41, 5.74) is 6.80. The van der Waals surface area contributed by atoms with Crippen LogP contribution in [0, 0.1) is 15.9 Å². The van der Waals surface area contributed by atoms with E-state index in [2.05, 4.69) is 10.3 Å². The number of carbonyl (C=O) groups is 1. The van der Waals surface area contributed by atoms with Gasteiger partial charge in [-0.3, -0.25) is 14.9 Å². The number of hydrogen-bond acceptors (Lipinski definition) is 6. The Morgan fingerprint density at radius 2 is 2.03 bits per heavy atom. The largest absolute Gasteiger partial charge is 0.494 e. The number of anilines is 2. The van der Waals surface area contributed by atoms with Crippen molar-refractivity contribution in [1.82, 2.24) is 9.55 Å². The fourth-order valence-corrected chi connectivity index (χ4v) is 3.32. The van der Waals surface area contributed by atoms with Crippen LogP contribution in [0.4, 0.5) is 21.6 Å². The molecule has 0 fully saturated rings. The number of ether oxygens (including phenoxy) is 1. The molecule has 2 heterocycles. The van der Waals surface area contributed by atoms with Crippen molar-refractivity contribution in [3.8, 4) is 11.4 Å². The second-order valence-electron chi connectivity index (χ2n) is 6.58. The SMILES string of the molecule is COc1cc(F)c([N+](=O)[O-])cc1Nc1cc(-n2cc(C(N)=O)c3ccccc32)ccn1. The molecule has 0 aliphatic rings. The van der Waals surface area contributed by atoms with Gasteiger partial charge < -0.3 is 20.4 Å². The van der Waals surface area contributed by atoms with E-state index in [1.165, 1.54) is 13.3 Å². The van der Waals surface area contributed by atoms with E-state index in [0.29, 0.717) is 22.5 Å². The van der Waals surface area contributed by atoms with Crippen molar-refractivity contribution in [3.63, 3.8) is 0 Å². The number of primary amides is 1. The zero-order valence-corrected chi connectivity index (χ0v) is 16.2. The molecule has 9 nitrogen and oxygen atoms in total. The topological polar surface area (TPSA) is 125 Å². The van der Waals surface area contributed by atoms with Crippen LogP contribution in [0.2, 0.25) is 0 Å². The van der Waals surface area contributed by atoms with Gasteiger partial charge in [-0.2, -0.15) is 4.39 Å². The lowest BCUT2D eigenvalue weighted by molar-refractivity contribution is -0.387.